The van der Waals surface area contributed by atoms with E-state index in [9.17, 15) is 4.79 Å². The number of fused-ring (bicyclic) bond motifs is 4. The van der Waals surface area contributed by atoms with Crippen molar-refractivity contribution in [1.82, 2.24) is 9.47 Å². The topological polar surface area (TPSA) is 43.7 Å². The summed E-state index contributed by atoms with van der Waals surface area (Å²) in [6.45, 7) is 9.38. The maximum Gasteiger partial charge on any atom is 0.253 e. The number of carbonyl (C=O) groups excluding carboxylic acids is 1. The molecule has 5 rings (SSSR count). The fraction of sp³-hybridized carbons (Fsp3) is 0.370. The number of piperidine rings is 1. The van der Waals surface area contributed by atoms with Gasteiger partial charge in [-0.05, 0) is 75.7 Å². The summed E-state index contributed by atoms with van der Waals surface area (Å²) in [4.78, 5) is 15.2. The summed E-state index contributed by atoms with van der Waals surface area (Å²) in [5.41, 5.74) is 3.26. The molecule has 0 N–H and O–H groups in total. The second-order valence-corrected chi connectivity index (χ2v) is 9.81. The summed E-state index contributed by atoms with van der Waals surface area (Å²) in [6.07, 6.45) is 3.63. The van der Waals surface area contributed by atoms with Gasteiger partial charge in [0.2, 0.25) is 0 Å². The number of nitrogens with zero attached hydrogens (tertiary/aromatic N) is 2. The van der Waals surface area contributed by atoms with Crippen LogP contribution in [0.3, 0.4) is 0 Å². The largest absolute Gasteiger partial charge is 0.488 e. The zero-order valence-electron chi connectivity index (χ0n) is 19.2. The molecule has 0 atom stereocenters. The smallest absolute Gasteiger partial charge is 0.253 e. The normalized spacial score (nSPS) is 16.8. The Balaban J connectivity index is 1.33. The number of hydrogen-bond acceptors (Lipinski definition) is 3. The Labute approximate surface area is 189 Å². The molecule has 0 bridgehead atoms. The highest BCUT2D eigenvalue weighted by Gasteiger charge is 2.44. The van der Waals surface area contributed by atoms with Crippen LogP contribution in [0.2, 0.25) is 0 Å². The molecular formula is C27H30N2O3. The van der Waals surface area contributed by atoms with Gasteiger partial charge in [-0.15, -0.1) is 0 Å². The van der Waals surface area contributed by atoms with E-state index in [-0.39, 0.29) is 11.5 Å². The molecule has 5 heteroatoms. The first kappa shape index (κ1) is 20.7. The van der Waals surface area contributed by atoms with Crippen LogP contribution >= 0.6 is 0 Å². The molecule has 0 unspecified atom stereocenters. The quantitative estimate of drug-likeness (QED) is 0.540. The van der Waals surface area contributed by atoms with Crippen LogP contribution < -0.4 is 9.47 Å². The van der Waals surface area contributed by atoms with E-state index in [1.54, 1.807) is 0 Å². The third-order valence-electron chi connectivity index (χ3n) is 6.34. The van der Waals surface area contributed by atoms with Crippen molar-refractivity contribution in [2.75, 3.05) is 13.1 Å². The molecule has 2 aliphatic rings. The average Bonchev–Trinajstić information content (AvgIpc) is 3.26. The standard InChI is InChI=1S/C27H30N2O3/c1-19-18-20(11-12-22(19)31-26(2,3)4)25(30)28-16-13-27(14-17-28)24-10-7-15-29(24)21-8-5-6-9-23(21)32-27/h5-12,15,18H,13-14,16-17H2,1-4H3. The molecule has 2 aliphatic heterocycles. The molecule has 0 saturated carbocycles. The van der Waals surface area contributed by atoms with Gasteiger partial charge in [-0.1, -0.05) is 12.1 Å². The molecule has 1 saturated heterocycles. The van der Waals surface area contributed by atoms with E-state index in [0.717, 1.165) is 35.6 Å². The molecule has 3 heterocycles. The van der Waals surface area contributed by atoms with E-state index in [0.29, 0.717) is 18.7 Å². The molecule has 5 nitrogen and oxygen atoms in total. The number of benzene rings is 2. The minimum absolute atomic E-state index is 0.0665. The first-order valence-electron chi connectivity index (χ1n) is 11.3. The second kappa shape index (κ2) is 7.44. The Kier molecular flexibility index (Phi) is 4.81. The zero-order chi connectivity index (χ0) is 22.5. The average molecular weight is 431 g/mol. The van der Waals surface area contributed by atoms with Crippen molar-refractivity contribution in [3.63, 3.8) is 0 Å². The zero-order valence-corrected chi connectivity index (χ0v) is 19.2. The lowest BCUT2D eigenvalue weighted by atomic mass is 9.86. The fourth-order valence-corrected chi connectivity index (χ4v) is 4.81. The predicted octanol–water partition coefficient (Wildman–Crippen LogP) is 5.49. The first-order valence-corrected chi connectivity index (χ1v) is 11.3. The number of likely N-dealkylation sites (tertiary alicyclic amines) is 1. The van der Waals surface area contributed by atoms with Crippen molar-refractivity contribution in [3.8, 4) is 17.2 Å². The summed E-state index contributed by atoms with van der Waals surface area (Å²) in [5.74, 6) is 1.79. The van der Waals surface area contributed by atoms with Crippen molar-refractivity contribution >= 4 is 5.91 Å². The van der Waals surface area contributed by atoms with Gasteiger partial charge >= 0.3 is 0 Å². The molecule has 1 fully saturated rings. The summed E-state index contributed by atoms with van der Waals surface area (Å²) >= 11 is 0. The van der Waals surface area contributed by atoms with Crippen molar-refractivity contribution in [2.45, 2.75) is 51.7 Å². The van der Waals surface area contributed by atoms with Crippen molar-refractivity contribution in [1.29, 1.82) is 0 Å². The Bertz CT molecular complexity index is 1160. The lowest BCUT2D eigenvalue weighted by Crippen LogP contribution is -2.50. The van der Waals surface area contributed by atoms with Crippen LogP contribution in [-0.4, -0.2) is 34.1 Å². The van der Waals surface area contributed by atoms with Crippen LogP contribution in [0.1, 0.15) is 55.2 Å². The number of ether oxygens (including phenoxy) is 2. The van der Waals surface area contributed by atoms with Crippen LogP contribution in [0.5, 0.6) is 11.5 Å². The predicted molar refractivity (Wildman–Crippen MR) is 125 cm³/mol. The Morgan fingerprint density at radius 2 is 1.78 bits per heavy atom. The lowest BCUT2D eigenvalue weighted by Gasteiger charge is -2.45. The first-order chi connectivity index (χ1) is 15.3. The van der Waals surface area contributed by atoms with Crippen LogP contribution in [0.15, 0.2) is 60.8 Å². The highest BCUT2D eigenvalue weighted by atomic mass is 16.5. The molecule has 3 aromatic rings. The van der Waals surface area contributed by atoms with Gasteiger partial charge in [0.1, 0.15) is 17.1 Å². The molecule has 1 amide bonds. The molecule has 32 heavy (non-hydrogen) atoms. The monoisotopic (exact) mass is 430 g/mol. The van der Waals surface area contributed by atoms with Crippen LogP contribution in [0.4, 0.5) is 0 Å². The highest BCUT2D eigenvalue weighted by molar-refractivity contribution is 5.94. The van der Waals surface area contributed by atoms with Crippen LogP contribution in [0, 0.1) is 6.92 Å². The second-order valence-electron chi connectivity index (χ2n) is 9.81. The van der Waals surface area contributed by atoms with E-state index in [1.165, 1.54) is 5.69 Å². The van der Waals surface area contributed by atoms with Gasteiger partial charge in [-0.3, -0.25) is 4.79 Å². The number of para-hydroxylation sites is 2. The van der Waals surface area contributed by atoms with E-state index in [2.05, 4.69) is 29.0 Å². The van der Waals surface area contributed by atoms with E-state index in [4.69, 9.17) is 9.47 Å². The van der Waals surface area contributed by atoms with Gasteiger partial charge in [0.25, 0.3) is 5.91 Å². The van der Waals surface area contributed by atoms with Gasteiger partial charge in [0.15, 0.2) is 5.60 Å². The number of carbonyl (C=O) groups is 1. The minimum Gasteiger partial charge on any atom is -0.488 e. The van der Waals surface area contributed by atoms with E-state index < -0.39 is 5.60 Å². The van der Waals surface area contributed by atoms with Crippen molar-refractivity contribution < 1.29 is 14.3 Å². The summed E-state index contributed by atoms with van der Waals surface area (Å²) < 4.78 is 14.8. The minimum atomic E-state index is -0.394. The van der Waals surface area contributed by atoms with Crippen molar-refractivity contribution in [2.24, 2.45) is 0 Å². The third-order valence-corrected chi connectivity index (χ3v) is 6.34. The van der Waals surface area contributed by atoms with Gasteiger partial charge in [0, 0.05) is 37.7 Å². The SMILES string of the molecule is Cc1cc(C(=O)N2CCC3(CC2)Oc2ccccc2-n2cccc23)ccc1OC(C)(C)C. The van der Waals surface area contributed by atoms with Crippen LogP contribution in [0.25, 0.3) is 5.69 Å². The fourth-order valence-electron chi connectivity index (χ4n) is 4.81. The van der Waals surface area contributed by atoms with E-state index >= 15 is 0 Å². The number of hydrogen-bond donors (Lipinski definition) is 0. The summed E-state index contributed by atoms with van der Waals surface area (Å²) in [7, 11) is 0. The lowest BCUT2D eigenvalue weighted by molar-refractivity contribution is -0.00931. The highest BCUT2D eigenvalue weighted by Crippen LogP contribution is 2.45. The number of rotatable bonds is 2. The Hall–Kier alpha value is -3.21. The Morgan fingerprint density at radius 3 is 2.50 bits per heavy atom. The maximum atomic E-state index is 13.3. The van der Waals surface area contributed by atoms with Gasteiger partial charge in [-0.2, -0.15) is 0 Å². The molecule has 2 aromatic carbocycles. The number of amides is 1. The number of aromatic nitrogens is 1. The van der Waals surface area contributed by atoms with Crippen LogP contribution in [-0.2, 0) is 5.60 Å². The number of aryl methyl sites for hydroxylation is 1. The third kappa shape index (κ3) is 3.56. The van der Waals surface area contributed by atoms with E-state index in [1.807, 2.05) is 69.0 Å². The molecule has 0 radical (unpaired) electrons. The van der Waals surface area contributed by atoms with Gasteiger partial charge in [0.05, 0.1) is 11.4 Å². The Morgan fingerprint density at radius 1 is 1.03 bits per heavy atom. The van der Waals surface area contributed by atoms with Gasteiger partial charge in [-0.25, -0.2) is 0 Å². The van der Waals surface area contributed by atoms with Gasteiger partial charge < -0.3 is 18.9 Å². The maximum absolute atomic E-state index is 13.3. The molecular weight excluding hydrogens is 400 g/mol. The van der Waals surface area contributed by atoms with Crippen molar-refractivity contribution in [3.05, 3.63) is 77.6 Å². The molecule has 166 valence electrons. The molecule has 0 aliphatic carbocycles. The summed E-state index contributed by atoms with van der Waals surface area (Å²) in [5, 5.41) is 0. The molecule has 1 aromatic heterocycles. The summed E-state index contributed by atoms with van der Waals surface area (Å²) in [6, 6.07) is 18.1. The molecule has 1 spiro atoms.